The van der Waals surface area contributed by atoms with Crippen LogP contribution in [0.5, 0.6) is 0 Å². The van der Waals surface area contributed by atoms with Crippen molar-refractivity contribution in [1.82, 2.24) is 9.97 Å². The number of esters is 1. The van der Waals surface area contributed by atoms with Gasteiger partial charge in [0.25, 0.3) is 0 Å². The van der Waals surface area contributed by atoms with Gasteiger partial charge in [-0.1, -0.05) is 11.6 Å². The Balaban J connectivity index is 1.99. The van der Waals surface area contributed by atoms with Gasteiger partial charge in [0.1, 0.15) is 22.4 Å². The summed E-state index contributed by atoms with van der Waals surface area (Å²) in [7, 11) is 1.32. The first kappa shape index (κ1) is 16.8. The van der Waals surface area contributed by atoms with Gasteiger partial charge >= 0.3 is 5.97 Å². The number of rotatable bonds is 6. The number of halogens is 1. The average Bonchev–Trinajstić information content (AvgIpc) is 3.35. The van der Waals surface area contributed by atoms with Crippen LogP contribution in [0.4, 0.5) is 5.82 Å². The van der Waals surface area contributed by atoms with Crippen molar-refractivity contribution in [3.8, 4) is 0 Å². The number of ether oxygens (including phenoxy) is 1. The molecule has 0 bridgehead atoms. The first-order chi connectivity index (χ1) is 11.5. The van der Waals surface area contributed by atoms with Gasteiger partial charge < -0.3 is 14.1 Å². The third-order valence-electron chi connectivity index (χ3n) is 4.00. The monoisotopic (exact) mass is 349 g/mol. The Bertz CT molecular complexity index is 756. The average molecular weight is 350 g/mol. The van der Waals surface area contributed by atoms with E-state index in [9.17, 15) is 4.79 Å². The lowest BCUT2D eigenvalue weighted by molar-refractivity contribution is 0.0593. The smallest absolute Gasteiger partial charge is 0.358 e. The van der Waals surface area contributed by atoms with Gasteiger partial charge in [0.15, 0.2) is 11.5 Å². The predicted molar refractivity (Wildman–Crippen MR) is 90.5 cm³/mol. The molecule has 0 aromatic carbocycles. The van der Waals surface area contributed by atoms with Crippen molar-refractivity contribution < 1.29 is 13.9 Å². The minimum absolute atomic E-state index is 0.125. The molecule has 0 atom stereocenters. The maximum atomic E-state index is 12.0. The van der Waals surface area contributed by atoms with E-state index in [0.29, 0.717) is 30.6 Å². The van der Waals surface area contributed by atoms with Crippen LogP contribution in [-0.2, 0) is 11.3 Å². The van der Waals surface area contributed by atoms with E-state index in [1.54, 1.807) is 0 Å². The van der Waals surface area contributed by atoms with Gasteiger partial charge in [0.05, 0.1) is 13.7 Å². The number of anilines is 1. The van der Waals surface area contributed by atoms with Gasteiger partial charge in [0, 0.05) is 12.5 Å². The topological polar surface area (TPSA) is 68.5 Å². The summed E-state index contributed by atoms with van der Waals surface area (Å²) in [5, 5.41) is 0.219. The van der Waals surface area contributed by atoms with Gasteiger partial charge in [0.2, 0.25) is 0 Å². The fraction of sp³-hybridized carbons (Fsp3) is 0.471. The minimum atomic E-state index is -0.546. The van der Waals surface area contributed by atoms with Crippen molar-refractivity contribution in [3.05, 3.63) is 40.2 Å². The molecule has 7 heteroatoms. The molecule has 0 amide bonds. The van der Waals surface area contributed by atoms with Crippen LogP contribution < -0.4 is 4.90 Å². The lowest BCUT2D eigenvalue weighted by Gasteiger charge is -2.23. The van der Waals surface area contributed by atoms with E-state index in [1.807, 2.05) is 30.9 Å². The highest BCUT2D eigenvalue weighted by Crippen LogP contribution is 2.40. The number of carbonyl (C=O) groups is 1. The summed E-state index contributed by atoms with van der Waals surface area (Å²) in [5.74, 6) is 2.62. The molecule has 2 aromatic rings. The van der Waals surface area contributed by atoms with Crippen molar-refractivity contribution in [2.45, 2.75) is 39.2 Å². The summed E-state index contributed by atoms with van der Waals surface area (Å²) in [6.07, 6.45) is 2.07. The highest BCUT2D eigenvalue weighted by molar-refractivity contribution is 6.35. The molecule has 6 nitrogen and oxygen atoms in total. The number of furan rings is 1. The molecule has 0 spiro atoms. The van der Waals surface area contributed by atoms with E-state index in [2.05, 4.69) is 9.97 Å². The Kier molecular flexibility index (Phi) is 4.76. The Morgan fingerprint density at radius 2 is 2.17 bits per heavy atom. The molecule has 24 heavy (non-hydrogen) atoms. The number of nitrogens with zero attached hydrogens (tertiary/aromatic N) is 3. The standard InChI is InChI=1S/C17H20ClN3O3/c1-4-21(9-12-8-5-10(2)24-12)16-13(18)14(17(22)23-3)19-15(20-16)11-6-7-11/h5,8,11H,4,6-7,9H2,1-3H3. The summed E-state index contributed by atoms with van der Waals surface area (Å²) in [6, 6.07) is 3.84. The van der Waals surface area contributed by atoms with Crippen LogP contribution in [0.15, 0.2) is 16.5 Å². The van der Waals surface area contributed by atoms with Gasteiger partial charge in [-0.15, -0.1) is 0 Å². The Morgan fingerprint density at radius 3 is 2.71 bits per heavy atom. The molecule has 2 aromatic heterocycles. The lowest BCUT2D eigenvalue weighted by Crippen LogP contribution is -2.25. The van der Waals surface area contributed by atoms with Crippen LogP contribution in [0.3, 0.4) is 0 Å². The van der Waals surface area contributed by atoms with Crippen LogP contribution in [0.1, 0.15) is 53.5 Å². The zero-order valence-corrected chi connectivity index (χ0v) is 14.8. The van der Waals surface area contributed by atoms with Crippen LogP contribution in [0.2, 0.25) is 5.02 Å². The number of hydrogen-bond acceptors (Lipinski definition) is 6. The SMILES string of the molecule is CCN(Cc1ccc(C)o1)c1nc(C2CC2)nc(C(=O)OC)c1Cl. The van der Waals surface area contributed by atoms with Crippen LogP contribution in [-0.4, -0.2) is 29.6 Å². The van der Waals surface area contributed by atoms with Crippen LogP contribution >= 0.6 is 11.6 Å². The molecular formula is C17H20ClN3O3. The Labute approximate surface area is 145 Å². The summed E-state index contributed by atoms with van der Waals surface area (Å²) < 4.78 is 10.5. The molecule has 1 aliphatic carbocycles. The maximum absolute atomic E-state index is 12.0. The molecule has 0 N–H and O–H groups in total. The van der Waals surface area contributed by atoms with E-state index in [4.69, 9.17) is 20.8 Å². The molecule has 0 saturated heterocycles. The molecule has 0 aliphatic heterocycles. The molecule has 1 fully saturated rings. The van der Waals surface area contributed by atoms with Crippen LogP contribution in [0, 0.1) is 6.92 Å². The summed E-state index contributed by atoms with van der Waals surface area (Å²) in [6.45, 7) is 5.09. The normalized spacial score (nSPS) is 13.8. The zero-order valence-electron chi connectivity index (χ0n) is 14.0. The lowest BCUT2D eigenvalue weighted by atomic mass is 10.3. The van der Waals surface area contributed by atoms with Gasteiger partial charge in [-0.25, -0.2) is 14.8 Å². The molecule has 0 unspecified atom stereocenters. The molecule has 3 rings (SSSR count). The second kappa shape index (κ2) is 6.81. The zero-order chi connectivity index (χ0) is 17.3. The molecule has 128 valence electrons. The maximum Gasteiger partial charge on any atom is 0.358 e. The van der Waals surface area contributed by atoms with Crippen molar-refractivity contribution in [3.63, 3.8) is 0 Å². The van der Waals surface area contributed by atoms with E-state index >= 15 is 0 Å². The molecule has 2 heterocycles. The fourth-order valence-electron chi connectivity index (χ4n) is 2.51. The highest BCUT2D eigenvalue weighted by atomic mass is 35.5. The quantitative estimate of drug-likeness (QED) is 0.740. The summed E-state index contributed by atoms with van der Waals surface area (Å²) >= 11 is 6.43. The van der Waals surface area contributed by atoms with Crippen molar-refractivity contribution in [2.24, 2.45) is 0 Å². The summed E-state index contributed by atoms with van der Waals surface area (Å²) in [4.78, 5) is 22.9. The van der Waals surface area contributed by atoms with Gasteiger partial charge in [-0.2, -0.15) is 0 Å². The second-order valence-electron chi connectivity index (χ2n) is 5.86. The third-order valence-corrected chi connectivity index (χ3v) is 4.34. The van der Waals surface area contributed by atoms with Crippen molar-refractivity contribution in [2.75, 3.05) is 18.6 Å². The van der Waals surface area contributed by atoms with E-state index in [0.717, 1.165) is 24.4 Å². The highest BCUT2D eigenvalue weighted by Gasteiger charge is 2.31. The van der Waals surface area contributed by atoms with Crippen molar-refractivity contribution in [1.29, 1.82) is 0 Å². The number of carbonyl (C=O) groups excluding carboxylic acids is 1. The predicted octanol–water partition coefficient (Wildman–Crippen LogP) is 3.72. The molecular weight excluding hydrogens is 330 g/mol. The second-order valence-corrected chi connectivity index (χ2v) is 6.24. The van der Waals surface area contributed by atoms with E-state index in [1.165, 1.54) is 7.11 Å². The minimum Gasteiger partial charge on any atom is -0.464 e. The van der Waals surface area contributed by atoms with Gasteiger partial charge in [-0.05, 0) is 38.8 Å². The first-order valence-electron chi connectivity index (χ1n) is 7.99. The molecule has 1 aliphatic rings. The third kappa shape index (κ3) is 3.38. The Morgan fingerprint density at radius 1 is 1.42 bits per heavy atom. The number of aromatic nitrogens is 2. The summed E-state index contributed by atoms with van der Waals surface area (Å²) in [5.41, 5.74) is 0.125. The van der Waals surface area contributed by atoms with Crippen LogP contribution in [0.25, 0.3) is 0 Å². The largest absolute Gasteiger partial charge is 0.464 e. The number of methoxy groups -OCH3 is 1. The number of aryl methyl sites for hydroxylation is 1. The Hall–Kier alpha value is -2.08. The first-order valence-corrected chi connectivity index (χ1v) is 8.37. The number of hydrogen-bond donors (Lipinski definition) is 0. The molecule has 0 radical (unpaired) electrons. The fourth-order valence-corrected chi connectivity index (χ4v) is 2.79. The molecule has 1 saturated carbocycles. The van der Waals surface area contributed by atoms with E-state index < -0.39 is 5.97 Å². The van der Waals surface area contributed by atoms with Gasteiger partial charge in [-0.3, -0.25) is 0 Å². The van der Waals surface area contributed by atoms with Crippen molar-refractivity contribution >= 4 is 23.4 Å². The van der Waals surface area contributed by atoms with E-state index in [-0.39, 0.29) is 10.7 Å².